The number of thioether (sulfide) groups is 1. The Morgan fingerprint density at radius 2 is 2.06 bits per heavy atom. The maximum absolute atomic E-state index is 12.1. The molecule has 1 fully saturated rings. The minimum Gasteiger partial charge on any atom is -0.342 e. The van der Waals surface area contributed by atoms with Crippen LogP contribution >= 0.6 is 11.8 Å². The molecular weight excluding hydrogens is 224 g/mol. The van der Waals surface area contributed by atoms with E-state index >= 15 is 0 Å². The lowest BCUT2D eigenvalue weighted by Gasteiger charge is -2.44. The van der Waals surface area contributed by atoms with Crippen LogP contribution in [0.2, 0.25) is 0 Å². The van der Waals surface area contributed by atoms with E-state index in [9.17, 15) is 9.59 Å². The Hall–Kier alpha value is -0.710. The van der Waals surface area contributed by atoms with E-state index in [1.807, 2.05) is 13.2 Å². The van der Waals surface area contributed by atoms with Gasteiger partial charge in [-0.2, -0.15) is 11.8 Å². The SMILES string of the molecule is CCC1NC(=O)C(C)(C)N(CCSC)C1=O. The second-order valence-corrected chi connectivity index (χ2v) is 5.46. The lowest BCUT2D eigenvalue weighted by atomic mass is 9.95. The average Bonchev–Trinajstić information content (AvgIpc) is 2.23. The summed E-state index contributed by atoms with van der Waals surface area (Å²) >= 11 is 1.68. The van der Waals surface area contributed by atoms with Gasteiger partial charge in [0.2, 0.25) is 11.8 Å². The van der Waals surface area contributed by atoms with Crippen LogP contribution in [0.1, 0.15) is 27.2 Å². The lowest BCUT2D eigenvalue weighted by molar-refractivity contribution is -0.154. The van der Waals surface area contributed by atoms with Crippen molar-refractivity contribution < 1.29 is 9.59 Å². The molecule has 1 N–H and O–H groups in total. The third-order valence-electron chi connectivity index (χ3n) is 3.03. The van der Waals surface area contributed by atoms with E-state index in [4.69, 9.17) is 0 Å². The second kappa shape index (κ2) is 5.08. The van der Waals surface area contributed by atoms with Crippen LogP contribution < -0.4 is 5.32 Å². The minimum atomic E-state index is -0.724. The number of rotatable bonds is 4. The van der Waals surface area contributed by atoms with E-state index in [1.165, 1.54) is 0 Å². The molecule has 0 saturated carbocycles. The summed E-state index contributed by atoms with van der Waals surface area (Å²) < 4.78 is 0. The zero-order valence-electron chi connectivity index (χ0n) is 10.4. The van der Waals surface area contributed by atoms with Crippen molar-refractivity contribution in [3.8, 4) is 0 Å². The molecule has 0 aromatic carbocycles. The molecule has 1 aliphatic heterocycles. The van der Waals surface area contributed by atoms with Crippen LogP contribution in [0.3, 0.4) is 0 Å². The molecule has 0 bridgehead atoms. The topological polar surface area (TPSA) is 49.4 Å². The summed E-state index contributed by atoms with van der Waals surface area (Å²) in [5.74, 6) is 0.847. The zero-order valence-corrected chi connectivity index (χ0v) is 11.2. The molecule has 1 saturated heterocycles. The molecule has 0 aromatic heterocycles. The van der Waals surface area contributed by atoms with E-state index in [0.717, 1.165) is 5.75 Å². The number of nitrogens with zero attached hydrogens (tertiary/aromatic N) is 1. The van der Waals surface area contributed by atoms with Gasteiger partial charge in [-0.05, 0) is 26.5 Å². The van der Waals surface area contributed by atoms with Crippen molar-refractivity contribution in [2.24, 2.45) is 0 Å². The van der Waals surface area contributed by atoms with Crippen LogP contribution in [0.25, 0.3) is 0 Å². The van der Waals surface area contributed by atoms with Crippen molar-refractivity contribution in [1.29, 1.82) is 0 Å². The second-order valence-electron chi connectivity index (χ2n) is 4.48. The molecule has 1 heterocycles. The highest BCUT2D eigenvalue weighted by molar-refractivity contribution is 7.98. The van der Waals surface area contributed by atoms with Crippen molar-refractivity contribution in [1.82, 2.24) is 10.2 Å². The zero-order chi connectivity index (χ0) is 12.3. The Balaban J connectivity index is 2.87. The molecule has 1 unspecified atom stereocenters. The van der Waals surface area contributed by atoms with Gasteiger partial charge in [-0.25, -0.2) is 0 Å². The molecule has 0 radical (unpaired) electrons. The van der Waals surface area contributed by atoms with E-state index in [0.29, 0.717) is 13.0 Å². The molecule has 16 heavy (non-hydrogen) atoms. The number of hydrogen-bond acceptors (Lipinski definition) is 3. The summed E-state index contributed by atoms with van der Waals surface area (Å²) in [4.78, 5) is 25.7. The maximum atomic E-state index is 12.1. The first-order valence-electron chi connectivity index (χ1n) is 5.56. The van der Waals surface area contributed by atoms with Crippen molar-refractivity contribution in [2.75, 3.05) is 18.6 Å². The fraction of sp³-hybridized carbons (Fsp3) is 0.818. The van der Waals surface area contributed by atoms with Crippen molar-refractivity contribution >= 4 is 23.6 Å². The Morgan fingerprint density at radius 3 is 2.56 bits per heavy atom. The largest absolute Gasteiger partial charge is 0.342 e. The highest BCUT2D eigenvalue weighted by atomic mass is 32.2. The predicted octanol–water partition coefficient (Wildman–Crippen LogP) is 0.865. The van der Waals surface area contributed by atoms with Crippen LogP contribution in [0.5, 0.6) is 0 Å². The highest BCUT2D eigenvalue weighted by Gasteiger charge is 2.45. The third-order valence-corrected chi connectivity index (χ3v) is 3.62. The monoisotopic (exact) mass is 244 g/mol. The fourth-order valence-electron chi connectivity index (χ4n) is 1.83. The summed E-state index contributed by atoms with van der Waals surface area (Å²) in [6.45, 7) is 6.14. The van der Waals surface area contributed by atoms with Crippen LogP contribution in [0.4, 0.5) is 0 Å². The number of carbonyl (C=O) groups is 2. The summed E-state index contributed by atoms with van der Waals surface area (Å²) in [6.07, 6.45) is 2.65. The van der Waals surface area contributed by atoms with Crippen molar-refractivity contribution in [3.63, 3.8) is 0 Å². The average molecular weight is 244 g/mol. The number of carbonyl (C=O) groups excluding carboxylic acids is 2. The first-order chi connectivity index (χ1) is 7.45. The van der Waals surface area contributed by atoms with Gasteiger partial charge >= 0.3 is 0 Å². The third kappa shape index (κ3) is 2.34. The van der Waals surface area contributed by atoms with Crippen LogP contribution in [0.15, 0.2) is 0 Å². The van der Waals surface area contributed by atoms with Gasteiger partial charge in [0.25, 0.3) is 0 Å². The Morgan fingerprint density at radius 1 is 1.44 bits per heavy atom. The van der Waals surface area contributed by atoms with Crippen molar-refractivity contribution in [3.05, 3.63) is 0 Å². The predicted molar refractivity (Wildman–Crippen MR) is 66.4 cm³/mol. The quantitative estimate of drug-likeness (QED) is 0.798. The van der Waals surface area contributed by atoms with E-state index < -0.39 is 5.54 Å². The Kier molecular flexibility index (Phi) is 4.24. The molecule has 0 spiro atoms. The lowest BCUT2D eigenvalue weighted by Crippen LogP contribution is -2.68. The Bertz CT molecular complexity index is 292. The van der Waals surface area contributed by atoms with Gasteiger partial charge in [0, 0.05) is 12.3 Å². The van der Waals surface area contributed by atoms with E-state index in [-0.39, 0.29) is 17.9 Å². The normalized spacial score (nSPS) is 24.5. The first kappa shape index (κ1) is 13.4. The molecule has 1 atom stereocenters. The smallest absolute Gasteiger partial charge is 0.246 e. The van der Waals surface area contributed by atoms with Gasteiger partial charge in [-0.15, -0.1) is 0 Å². The van der Waals surface area contributed by atoms with Gasteiger partial charge in [0.15, 0.2) is 0 Å². The summed E-state index contributed by atoms with van der Waals surface area (Å²) in [7, 11) is 0. The highest BCUT2D eigenvalue weighted by Crippen LogP contribution is 2.22. The summed E-state index contributed by atoms with van der Waals surface area (Å²) in [5, 5.41) is 2.78. The standard InChI is InChI=1S/C11H20N2O2S/c1-5-8-9(14)13(6-7-16-4)11(2,3)10(15)12-8/h8H,5-7H2,1-4H3,(H,12,15). The molecule has 1 rings (SSSR count). The van der Waals surface area contributed by atoms with Crippen LogP contribution in [-0.4, -0.2) is 46.8 Å². The number of piperazine rings is 1. The van der Waals surface area contributed by atoms with Gasteiger partial charge in [0.05, 0.1) is 0 Å². The van der Waals surface area contributed by atoms with Crippen molar-refractivity contribution in [2.45, 2.75) is 38.8 Å². The molecule has 4 nitrogen and oxygen atoms in total. The summed E-state index contributed by atoms with van der Waals surface area (Å²) in [6, 6.07) is -0.345. The number of nitrogens with one attached hydrogen (secondary N) is 1. The summed E-state index contributed by atoms with van der Waals surface area (Å²) in [5.41, 5.74) is -0.724. The minimum absolute atomic E-state index is 0.0427. The molecule has 5 heteroatoms. The molecule has 0 aromatic rings. The molecular formula is C11H20N2O2S. The Labute approximate surface area is 101 Å². The maximum Gasteiger partial charge on any atom is 0.246 e. The van der Waals surface area contributed by atoms with Gasteiger partial charge in [-0.1, -0.05) is 6.92 Å². The molecule has 0 aliphatic carbocycles. The van der Waals surface area contributed by atoms with E-state index in [1.54, 1.807) is 30.5 Å². The number of hydrogen-bond donors (Lipinski definition) is 1. The molecule has 1 aliphatic rings. The number of amides is 2. The first-order valence-corrected chi connectivity index (χ1v) is 6.96. The van der Waals surface area contributed by atoms with Crippen LogP contribution in [-0.2, 0) is 9.59 Å². The molecule has 2 amide bonds. The molecule has 92 valence electrons. The van der Waals surface area contributed by atoms with Gasteiger partial charge < -0.3 is 10.2 Å². The van der Waals surface area contributed by atoms with Crippen LogP contribution in [0, 0.1) is 0 Å². The van der Waals surface area contributed by atoms with Gasteiger partial charge in [0.1, 0.15) is 11.6 Å². The van der Waals surface area contributed by atoms with Gasteiger partial charge in [-0.3, -0.25) is 9.59 Å². The van der Waals surface area contributed by atoms with E-state index in [2.05, 4.69) is 5.32 Å². The fourth-order valence-corrected chi connectivity index (χ4v) is 2.20.